The topological polar surface area (TPSA) is 98.5 Å². The van der Waals surface area contributed by atoms with Crippen LogP contribution < -0.4 is 0 Å². The van der Waals surface area contributed by atoms with E-state index in [2.05, 4.69) is 0 Å². The molecule has 4 fully saturated rings. The Morgan fingerprint density at radius 1 is 1.26 bits per heavy atom. The minimum Gasteiger partial charge on any atom is -0.472 e. The van der Waals surface area contributed by atoms with Gasteiger partial charge in [-0.3, -0.25) is 0 Å². The fraction of sp³-hybridized carbons (Fsp3) is 0.600. The molecule has 3 aliphatic heterocycles. The number of ether oxygens (including phenoxy) is 3. The van der Waals surface area contributed by atoms with Gasteiger partial charge in [0, 0.05) is 23.0 Å². The van der Waals surface area contributed by atoms with Crippen LogP contribution in [-0.2, 0) is 23.8 Å². The summed E-state index contributed by atoms with van der Waals surface area (Å²) < 4.78 is 22.5. The van der Waals surface area contributed by atoms with Crippen molar-refractivity contribution in [2.45, 2.75) is 56.0 Å². The van der Waals surface area contributed by atoms with E-state index in [0.717, 1.165) is 5.56 Å². The lowest BCUT2D eigenvalue weighted by molar-refractivity contribution is -0.246. The lowest BCUT2D eigenvalue weighted by Gasteiger charge is -2.60. The Morgan fingerprint density at radius 2 is 2.11 bits per heavy atom. The van der Waals surface area contributed by atoms with Crippen molar-refractivity contribution in [1.29, 1.82) is 0 Å². The summed E-state index contributed by atoms with van der Waals surface area (Å²) in [6.07, 6.45) is 6.01. The Labute approximate surface area is 155 Å². The third-order valence-electron chi connectivity index (χ3n) is 7.90. The average molecular weight is 372 g/mol. The molecular weight excluding hydrogens is 352 g/mol. The highest BCUT2D eigenvalue weighted by Crippen LogP contribution is 2.77. The maximum absolute atomic E-state index is 13.0. The van der Waals surface area contributed by atoms with Gasteiger partial charge in [0.05, 0.1) is 24.0 Å². The molecule has 1 unspecified atom stereocenters. The van der Waals surface area contributed by atoms with Crippen LogP contribution in [0.15, 0.2) is 34.7 Å². The first-order valence-electron chi connectivity index (χ1n) is 9.39. The van der Waals surface area contributed by atoms with Crippen LogP contribution in [0.5, 0.6) is 0 Å². The van der Waals surface area contributed by atoms with E-state index >= 15 is 0 Å². The number of aliphatic hydroxyl groups is 1. The molecule has 1 N–H and O–H groups in total. The number of epoxide rings is 1. The van der Waals surface area contributed by atoms with E-state index in [1.165, 1.54) is 6.26 Å². The monoisotopic (exact) mass is 372 g/mol. The fourth-order valence-electron chi connectivity index (χ4n) is 6.49. The highest BCUT2D eigenvalue weighted by molar-refractivity contribution is 5.94. The normalized spacial score (nSPS) is 49.8. The lowest BCUT2D eigenvalue weighted by atomic mass is 9.43. The number of cyclic esters (lactones) is 2. The SMILES string of the molecule is C[C@]12C[C@H](c3ccoc3)OC(=O)C1(O)CC[C@@]13COC(=O)C1=CC[C@H]1O[C@]132. The van der Waals surface area contributed by atoms with E-state index in [4.69, 9.17) is 18.6 Å². The molecular formula is C20H20O7. The molecule has 3 saturated heterocycles. The molecule has 1 saturated carbocycles. The van der Waals surface area contributed by atoms with Crippen LogP contribution in [0.4, 0.5) is 0 Å². The predicted molar refractivity (Wildman–Crippen MR) is 88.1 cm³/mol. The van der Waals surface area contributed by atoms with E-state index in [1.54, 1.807) is 12.3 Å². The third kappa shape index (κ3) is 1.48. The molecule has 2 spiro atoms. The second kappa shape index (κ2) is 4.47. The number of hydrogen-bond acceptors (Lipinski definition) is 7. The number of rotatable bonds is 1. The van der Waals surface area contributed by atoms with Crippen molar-refractivity contribution in [3.05, 3.63) is 35.8 Å². The van der Waals surface area contributed by atoms with Gasteiger partial charge >= 0.3 is 11.9 Å². The molecule has 5 aliphatic rings. The Bertz CT molecular complexity index is 903. The Kier molecular flexibility index (Phi) is 2.63. The summed E-state index contributed by atoms with van der Waals surface area (Å²) in [6, 6.07) is 1.77. The first-order valence-corrected chi connectivity index (χ1v) is 9.39. The van der Waals surface area contributed by atoms with Gasteiger partial charge in [0.15, 0.2) is 5.60 Å². The van der Waals surface area contributed by atoms with Gasteiger partial charge in [-0.15, -0.1) is 0 Å². The molecule has 1 aromatic rings. The van der Waals surface area contributed by atoms with Gasteiger partial charge in [0.2, 0.25) is 0 Å². The lowest BCUT2D eigenvalue weighted by Crippen LogP contribution is -2.72. The second-order valence-electron chi connectivity index (χ2n) is 8.70. The van der Waals surface area contributed by atoms with Gasteiger partial charge in [-0.05, 0) is 25.3 Å². The quantitative estimate of drug-likeness (QED) is 0.593. The number of carbonyl (C=O) groups is 2. The third-order valence-corrected chi connectivity index (χ3v) is 7.90. The first-order chi connectivity index (χ1) is 12.9. The molecule has 0 aromatic carbocycles. The zero-order valence-corrected chi connectivity index (χ0v) is 14.9. The minimum atomic E-state index is -1.65. The molecule has 7 heteroatoms. The van der Waals surface area contributed by atoms with E-state index in [9.17, 15) is 14.7 Å². The fourth-order valence-corrected chi connectivity index (χ4v) is 6.49. The summed E-state index contributed by atoms with van der Waals surface area (Å²) in [6.45, 7) is 2.15. The zero-order valence-electron chi connectivity index (χ0n) is 14.9. The van der Waals surface area contributed by atoms with Crippen molar-refractivity contribution in [3.8, 4) is 0 Å². The first kappa shape index (κ1) is 15.9. The van der Waals surface area contributed by atoms with Gasteiger partial charge in [-0.1, -0.05) is 13.0 Å². The molecule has 7 nitrogen and oxygen atoms in total. The largest absolute Gasteiger partial charge is 0.472 e. The van der Waals surface area contributed by atoms with Gasteiger partial charge < -0.3 is 23.7 Å². The summed E-state index contributed by atoms with van der Waals surface area (Å²) in [7, 11) is 0. The maximum Gasteiger partial charge on any atom is 0.339 e. The molecule has 6 rings (SSSR count). The van der Waals surface area contributed by atoms with E-state index < -0.39 is 34.1 Å². The number of esters is 2. The van der Waals surface area contributed by atoms with Crippen molar-refractivity contribution in [3.63, 3.8) is 0 Å². The standard InChI is InChI=1S/C20H20O7/c1-17-8-13(11-4-7-24-9-11)26-16(22)19(17,23)6-5-18-10-25-15(21)12(18)2-3-14-20(17,18)27-14/h2,4,7,9,13-14,23H,3,5-6,8,10H2,1H3/t13-,14-,17+,18-,19?,20+/m1/s1. The van der Waals surface area contributed by atoms with Crippen LogP contribution in [0, 0.1) is 10.8 Å². The van der Waals surface area contributed by atoms with Crippen molar-refractivity contribution in [1.82, 2.24) is 0 Å². The predicted octanol–water partition coefficient (Wildman–Crippen LogP) is 1.81. The molecule has 142 valence electrons. The molecule has 4 heterocycles. The number of furan rings is 1. The average Bonchev–Trinajstić information content (AvgIpc) is 3.01. The van der Waals surface area contributed by atoms with Gasteiger partial charge in [0.1, 0.15) is 18.3 Å². The van der Waals surface area contributed by atoms with E-state index in [-0.39, 0.29) is 25.1 Å². The summed E-state index contributed by atoms with van der Waals surface area (Å²) in [5.74, 6) is -0.926. The molecule has 0 radical (unpaired) electrons. The molecule has 27 heavy (non-hydrogen) atoms. The van der Waals surface area contributed by atoms with Gasteiger partial charge in [-0.2, -0.15) is 0 Å². The van der Waals surface area contributed by atoms with Crippen LogP contribution in [0.1, 0.15) is 44.3 Å². The smallest absolute Gasteiger partial charge is 0.339 e. The maximum atomic E-state index is 13.0. The summed E-state index contributed by atoms with van der Waals surface area (Å²) in [4.78, 5) is 25.3. The molecule has 0 bridgehead atoms. The Hall–Kier alpha value is -2.12. The van der Waals surface area contributed by atoms with Gasteiger partial charge in [0.25, 0.3) is 0 Å². The van der Waals surface area contributed by atoms with Crippen LogP contribution in [0.25, 0.3) is 0 Å². The summed E-state index contributed by atoms with van der Waals surface area (Å²) in [5, 5.41) is 11.5. The van der Waals surface area contributed by atoms with E-state index in [1.807, 2.05) is 13.0 Å². The molecule has 6 atom stereocenters. The van der Waals surface area contributed by atoms with Crippen LogP contribution in [0.2, 0.25) is 0 Å². The van der Waals surface area contributed by atoms with Crippen LogP contribution >= 0.6 is 0 Å². The minimum absolute atomic E-state index is 0.136. The number of fused-ring (bicyclic) bond motifs is 1. The Balaban J connectivity index is 1.53. The number of carbonyl (C=O) groups excluding carboxylic acids is 2. The molecule has 2 aliphatic carbocycles. The summed E-state index contributed by atoms with van der Waals surface area (Å²) in [5.41, 5.74) is -2.56. The Morgan fingerprint density at radius 3 is 2.89 bits per heavy atom. The van der Waals surface area contributed by atoms with Crippen LogP contribution in [-0.4, -0.2) is 41.0 Å². The van der Waals surface area contributed by atoms with E-state index in [0.29, 0.717) is 24.8 Å². The van der Waals surface area contributed by atoms with Crippen molar-refractivity contribution in [2.75, 3.05) is 6.61 Å². The summed E-state index contributed by atoms with van der Waals surface area (Å²) >= 11 is 0. The molecule has 1 aromatic heterocycles. The van der Waals surface area contributed by atoms with Crippen molar-refractivity contribution >= 4 is 11.9 Å². The molecule has 0 amide bonds. The zero-order chi connectivity index (χ0) is 18.7. The second-order valence-corrected chi connectivity index (χ2v) is 8.70. The van der Waals surface area contributed by atoms with Crippen LogP contribution in [0.3, 0.4) is 0 Å². The van der Waals surface area contributed by atoms with Crippen molar-refractivity contribution in [2.24, 2.45) is 10.8 Å². The highest BCUT2D eigenvalue weighted by atomic mass is 16.6. The number of hydrogen-bond donors (Lipinski definition) is 1. The van der Waals surface area contributed by atoms with Crippen molar-refractivity contribution < 1.29 is 33.3 Å². The highest BCUT2D eigenvalue weighted by Gasteiger charge is 2.87. The van der Waals surface area contributed by atoms with Gasteiger partial charge in [-0.25, -0.2) is 9.59 Å².